The summed E-state index contributed by atoms with van der Waals surface area (Å²) in [5.41, 5.74) is -1.85. The van der Waals surface area contributed by atoms with Gasteiger partial charge in [0.1, 0.15) is 17.2 Å². The van der Waals surface area contributed by atoms with E-state index in [1.165, 1.54) is 12.3 Å². The van der Waals surface area contributed by atoms with Crippen LogP contribution < -0.4 is 10.7 Å². The molecule has 2 aromatic rings. The van der Waals surface area contributed by atoms with Crippen molar-refractivity contribution in [3.05, 3.63) is 75.2 Å². The van der Waals surface area contributed by atoms with Crippen molar-refractivity contribution in [2.24, 2.45) is 0 Å². The Morgan fingerprint density at radius 3 is 2.83 bits per heavy atom. The van der Waals surface area contributed by atoms with E-state index in [4.69, 9.17) is 0 Å². The maximum absolute atomic E-state index is 13.8. The Morgan fingerprint density at radius 1 is 1.27 bits per heavy atom. The standard InChI is InChI=1S/C21H17F2N3O4/c22-12-4-3-11(14(23)7-12)9-24-19(29)13-10-26-16(18(28)17(13)27)20(30)25-6-2-1-5-21(26)8-15(21)25/h1-4,7,10,15,28H,5-6,8-9H2,(H,24,29)/t15?,21-/m1/s1. The maximum atomic E-state index is 13.8. The van der Waals surface area contributed by atoms with Crippen LogP contribution >= 0.6 is 0 Å². The van der Waals surface area contributed by atoms with Crippen LogP contribution in [0.3, 0.4) is 0 Å². The first-order valence-corrected chi connectivity index (χ1v) is 9.51. The summed E-state index contributed by atoms with van der Waals surface area (Å²) in [6.07, 6.45) is 6.41. The van der Waals surface area contributed by atoms with Crippen LogP contribution in [0.2, 0.25) is 0 Å². The molecule has 0 spiro atoms. The van der Waals surface area contributed by atoms with E-state index in [0.29, 0.717) is 25.5 Å². The van der Waals surface area contributed by atoms with Gasteiger partial charge in [0.15, 0.2) is 11.4 Å². The molecule has 0 radical (unpaired) electrons. The van der Waals surface area contributed by atoms with E-state index in [1.54, 1.807) is 9.47 Å². The van der Waals surface area contributed by atoms with Gasteiger partial charge >= 0.3 is 0 Å². The zero-order valence-corrected chi connectivity index (χ0v) is 15.7. The molecule has 1 aromatic carbocycles. The SMILES string of the molecule is O=C(NCc1ccc(F)cc1F)c1cn2c(c(O)c1=O)C(=O)N1CC=CC[C@]23CC13. The largest absolute Gasteiger partial charge is 0.503 e. The first-order chi connectivity index (χ1) is 14.3. The molecule has 3 aliphatic rings. The molecule has 1 aliphatic carbocycles. The minimum atomic E-state index is -0.965. The van der Waals surface area contributed by atoms with Crippen molar-refractivity contribution in [1.29, 1.82) is 0 Å². The summed E-state index contributed by atoms with van der Waals surface area (Å²) in [5.74, 6) is -3.60. The lowest BCUT2D eigenvalue weighted by molar-refractivity contribution is 0.0680. The van der Waals surface area contributed by atoms with Gasteiger partial charge < -0.3 is 19.9 Å². The van der Waals surface area contributed by atoms with Crippen LogP contribution in [0.4, 0.5) is 8.78 Å². The summed E-state index contributed by atoms with van der Waals surface area (Å²) in [4.78, 5) is 39.8. The number of pyridine rings is 1. The van der Waals surface area contributed by atoms with Gasteiger partial charge in [-0.1, -0.05) is 18.2 Å². The van der Waals surface area contributed by atoms with E-state index in [2.05, 4.69) is 5.32 Å². The molecule has 5 rings (SSSR count). The van der Waals surface area contributed by atoms with Gasteiger partial charge in [0.25, 0.3) is 11.8 Å². The number of fused-ring (bicyclic) bond motifs is 1. The average Bonchev–Trinajstić information content (AvgIpc) is 3.44. The number of halogens is 2. The molecule has 2 atom stereocenters. The highest BCUT2D eigenvalue weighted by atomic mass is 19.1. The monoisotopic (exact) mass is 413 g/mol. The van der Waals surface area contributed by atoms with Crippen molar-refractivity contribution in [2.75, 3.05) is 6.54 Å². The predicted octanol–water partition coefficient (Wildman–Crippen LogP) is 1.65. The Morgan fingerprint density at radius 2 is 2.07 bits per heavy atom. The molecule has 30 heavy (non-hydrogen) atoms. The third kappa shape index (κ3) is 2.51. The number of carbonyl (C=O) groups excluding carboxylic acids is 2. The minimum Gasteiger partial charge on any atom is -0.503 e. The molecular formula is C21H17F2N3O4. The van der Waals surface area contributed by atoms with E-state index in [9.17, 15) is 28.3 Å². The number of carbonyl (C=O) groups is 2. The molecule has 154 valence electrons. The van der Waals surface area contributed by atoms with Crippen molar-refractivity contribution in [3.8, 4) is 5.75 Å². The highest BCUT2D eigenvalue weighted by Gasteiger charge is 2.63. The topological polar surface area (TPSA) is 91.6 Å². The second-order valence-electron chi connectivity index (χ2n) is 7.81. The Bertz CT molecular complexity index is 1210. The number of hydrogen-bond acceptors (Lipinski definition) is 4. The van der Waals surface area contributed by atoms with Crippen LogP contribution in [0.5, 0.6) is 5.75 Å². The number of rotatable bonds is 3. The van der Waals surface area contributed by atoms with Crippen molar-refractivity contribution >= 4 is 11.8 Å². The quantitative estimate of drug-likeness (QED) is 0.749. The molecular weight excluding hydrogens is 396 g/mol. The first-order valence-electron chi connectivity index (χ1n) is 9.51. The minimum absolute atomic E-state index is 0.0487. The molecule has 9 heteroatoms. The van der Waals surface area contributed by atoms with E-state index >= 15 is 0 Å². The second-order valence-corrected chi connectivity index (χ2v) is 7.81. The third-order valence-corrected chi connectivity index (χ3v) is 6.15. The molecule has 2 aliphatic heterocycles. The van der Waals surface area contributed by atoms with Crippen LogP contribution in [0, 0.1) is 11.6 Å². The maximum Gasteiger partial charge on any atom is 0.275 e. The van der Waals surface area contributed by atoms with E-state index < -0.39 is 40.2 Å². The number of benzene rings is 1. The van der Waals surface area contributed by atoms with Crippen molar-refractivity contribution < 1.29 is 23.5 Å². The van der Waals surface area contributed by atoms with Crippen LogP contribution in [0.15, 0.2) is 41.3 Å². The molecule has 1 unspecified atom stereocenters. The Hall–Kier alpha value is -3.49. The number of amides is 2. The van der Waals surface area contributed by atoms with Crippen LogP contribution in [-0.2, 0) is 12.1 Å². The zero-order chi connectivity index (χ0) is 21.2. The van der Waals surface area contributed by atoms with Crippen molar-refractivity contribution in [1.82, 2.24) is 14.8 Å². The average molecular weight is 413 g/mol. The number of allylic oxidation sites excluding steroid dienone is 1. The van der Waals surface area contributed by atoms with Gasteiger partial charge in [-0.2, -0.15) is 0 Å². The van der Waals surface area contributed by atoms with Crippen molar-refractivity contribution in [2.45, 2.75) is 31.0 Å². The normalized spacial score (nSPS) is 23.5. The number of nitrogens with one attached hydrogen (secondary N) is 1. The number of nitrogens with zero attached hydrogens (tertiary/aromatic N) is 2. The van der Waals surface area contributed by atoms with Gasteiger partial charge in [-0.3, -0.25) is 14.4 Å². The highest BCUT2D eigenvalue weighted by Crippen LogP contribution is 2.55. The van der Waals surface area contributed by atoms with Gasteiger partial charge in [-0.25, -0.2) is 8.78 Å². The third-order valence-electron chi connectivity index (χ3n) is 6.15. The van der Waals surface area contributed by atoms with E-state index in [0.717, 1.165) is 6.07 Å². The Labute approximate surface area is 169 Å². The molecule has 1 saturated carbocycles. The van der Waals surface area contributed by atoms with E-state index in [1.807, 2.05) is 12.2 Å². The lowest BCUT2D eigenvalue weighted by Crippen LogP contribution is -2.46. The zero-order valence-electron chi connectivity index (χ0n) is 15.7. The van der Waals surface area contributed by atoms with Crippen molar-refractivity contribution in [3.63, 3.8) is 0 Å². The second kappa shape index (κ2) is 6.25. The Balaban J connectivity index is 1.51. The number of aromatic hydroxyl groups is 1. The number of aromatic nitrogens is 1. The van der Waals surface area contributed by atoms with Crippen LogP contribution in [0.25, 0.3) is 0 Å². The molecule has 0 saturated heterocycles. The lowest BCUT2D eigenvalue weighted by Gasteiger charge is -2.34. The van der Waals surface area contributed by atoms with Crippen LogP contribution in [0.1, 0.15) is 39.3 Å². The molecule has 2 N–H and O–H groups in total. The van der Waals surface area contributed by atoms with Gasteiger partial charge in [-0.05, 0) is 18.9 Å². The fourth-order valence-electron chi connectivity index (χ4n) is 4.47. The van der Waals surface area contributed by atoms with Crippen LogP contribution in [-0.4, -0.2) is 39.0 Å². The molecule has 3 heterocycles. The number of hydrogen-bond donors (Lipinski definition) is 2. The highest BCUT2D eigenvalue weighted by molar-refractivity contribution is 6.00. The first kappa shape index (κ1) is 18.5. The van der Waals surface area contributed by atoms with Gasteiger partial charge in [0, 0.05) is 30.9 Å². The fraction of sp³-hybridized carbons (Fsp3) is 0.286. The van der Waals surface area contributed by atoms with Gasteiger partial charge in [0.2, 0.25) is 5.43 Å². The van der Waals surface area contributed by atoms with Gasteiger partial charge in [0.05, 0.1) is 11.6 Å². The lowest BCUT2D eigenvalue weighted by atomic mass is 10.0. The van der Waals surface area contributed by atoms with Gasteiger partial charge in [-0.15, -0.1) is 0 Å². The summed E-state index contributed by atoms with van der Waals surface area (Å²) >= 11 is 0. The molecule has 7 nitrogen and oxygen atoms in total. The molecule has 1 aromatic heterocycles. The molecule has 2 amide bonds. The molecule has 1 fully saturated rings. The Kier molecular flexibility index (Phi) is 3.86. The summed E-state index contributed by atoms with van der Waals surface area (Å²) in [6, 6.07) is 2.90. The molecule has 2 bridgehead atoms. The summed E-state index contributed by atoms with van der Waals surface area (Å²) in [7, 11) is 0. The summed E-state index contributed by atoms with van der Waals surface area (Å²) in [6.45, 7) is 0.139. The summed E-state index contributed by atoms with van der Waals surface area (Å²) < 4.78 is 28.4. The fourth-order valence-corrected chi connectivity index (χ4v) is 4.47. The smallest absolute Gasteiger partial charge is 0.275 e. The van der Waals surface area contributed by atoms with E-state index in [-0.39, 0.29) is 29.4 Å². The predicted molar refractivity (Wildman–Crippen MR) is 101 cm³/mol. The summed E-state index contributed by atoms with van der Waals surface area (Å²) in [5, 5.41) is 12.9.